The third-order valence-corrected chi connectivity index (χ3v) is 5.24. The lowest BCUT2D eigenvalue weighted by molar-refractivity contribution is -0.116. The molecule has 1 heterocycles. The van der Waals surface area contributed by atoms with Gasteiger partial charge in [0.2, 0.25) is 15.9 Å². The van der Waals surface area contributed by atoms with Crippen molar-refractivity contribution in [1.82, 2.24) is 9.88 Å². The molecule has 1 aromatic heterocycles. The number of anilines is 1. The van der Waals surface area contributed by atoms with Crippen molar-refractivity contribution in [3.8, 4) is 5.75 Å². The molecule has 0 bridgehead atoms. The van der Waals surface area contributed by atoms with E-state index in [4.69, 9.17) is 9.26 Å². The average Bonchev–Trinajstić information content (AvgIpc) is 2.90. The molecule has 9 heteroatoms. The quantitative estimate of drug-likeness (QED) is 0.773. The standard InChI is InChI=1S/C16H21N3O5S/c1-10-7-13(23-4)8-11(2)16(10)25(21,22)17-6-5-15(20)18-14-9-12(3)24-19-14/h7-9,17H,5-6H2,1-4H3,(H,18,19,20). The number of sulfonamides is 1. The van der Waals surface area contributed by atoms with E-state index in [1.807, 2.05) is 0 Å². The van der Waals surface area contributed by atoms with E-state index >= 15 is 0 Å². The predicted molar refractivity (Wildman–Crippen MR) is 92.1 cm³/mol. The van der Waals surface area contributed by atoms with Gasteiger partial charge in [-0.1, -0.05) is 5.16 Å². The van der Waals surface area contributed by atoms with E-state index < -0.39 is 10.0 Å². The minimum Gasteiger partial charge on any atom is -0.497 e. The van der Waals surface area contributed by atoms with E-state index in [0.717, 1.165) is 0 Å². The fourth-order valence-corrected chi connectivity index (χ4v) is 3.93. The zero-order valence-corrected chi connectivity index (χ0v) is 15.4. The Bertz CT molecular complexity index is 851. The molecule has 0 spiro atoms. The number of aromatic nitrogens is 1. The van der Waals surface area contributed by atoms with Gasteiger partial charge in [-0.15, -0.1) is 0 Å². The summed E-state index contributed by atoms with van der Waals surface area (Å²) in [4.78, 5) is 12.0. The smallest absolute Gasteiger partial charge is 0.241 e. The molecule has 0 aliphatic carbocycles. The summed E-state index contributed by atoms with van der Waals surface area (Å²) < 4.78 is 37.4. The predicted octanol–water partition coefficient (Wildman–Crippen LogP) is 1.92. The van der Waals surface area contributed by atoms with Crippen LogP contribution in [-0.2, 0) is 14.8 Å². The Morgan fingerprint density at radius 2 is 1.84 bits per heavy atom. The van der Waals surface area contributed by atoms with Gasteiger partial charge < -0.3 is 14.6 Å². The highest BCUT2D eigenvalue weighted by Gasteiger charge is 2.20. The molecule has 2 aromatic rings. The Morgan fingerprint density at radius 3 is 2.36 bits per heavy atom. The van der Waals surface area contributed by atoms with Gasteiger partial charge in [0.15, 0.2) is 5.82 Å². The fourth-order valence-electron chi connectivity index (χ4n) is 2.45. The zero-order chi connectivity index (χ0) is 18.6. The number of hydrogen-bond donors (Lipinski definition) is 2. The van der Waals surface area contributed by atoms with Gasteiger partial charge in [0, 0.05) is 19.0 Å². The second kappa shape index (κ2) is 7.66. The molecule has 0 aliphatic heterocycles. The van der Waals surface area contributed by atoms with Crippen LogP contribution in [0.1, 0.15) is 23.3 Å². The third-order valence-electron chi connectivity index (χ3n) is 3.48. The number of benzene rings is 1. The molecule has 0 unspecified atom stereocenters. The number of carbonyl (C=O) groups is 1. The monoisotopic (exact) mass is 367 g/mol. The van der Waals surface area contributed by atoms with Crippen LogP contribution in [-0.4, -0.2) is 33.1 Å². The van der Waals surface area contributed by atoms with Gasteiger partial charge in [0.1, 0.15) is 11.5 Å². The zero-order valence-electron chi connectivity index (χ0n) is 14.5. The molecule has 0 radical (unpaired) electrons. The number of carbonyl (C=O) groups excluding carboxylic acids is 1. The normalized spacial score (nSPS) is 11.4. The summed E-state index contributed by atoms with van der Waals surface area (Å²) in [5, 5.41) is 6.17. The van der Waals surface area contributed by atoms with Crippen LogP contribution in [0.15, 0.2) is 27.6 Å². The first-order valence-electron chi connectivity index (χ1n) is 7.61. The van der Waals surface area contributed by atoms with Crippen molar-refractivity contribution in [3.05, 3.63) is 35.1 Å². The third kappa shape index (κ3) is 4.80. The summed E-state index contributed by atoms with van der Waals surface area (Å²) in [7, 11) is -2.21. The molecule has 1 aromatic carbocycles. The summed E-state index contributed by atoms with van der Waals surface area (Å²) in [5.41, 5.74) is 1.15. The van der Waals surface area contributed by atoms with Crippen molar-refractivity contribution >= 4 is 21.7 Å². The lowest BCUT2D eigenvalue weighted by Crippen LogP contribution is -2.29. The minimum atomic E-state index is -3.73. The van der Waals surface area contributed by atoms with Crippen LogP contribution in [0, 0.1) is 20.8 Å². The van der Waals surface area contributed by atoms with Gasteiger partial charge in [0.05, 0.1) is 12.0 Å². The van der Waals surface area contributed by atoms with Crippen molar-refractivity contribution in [3.63, 3.8) is 0 Å². The van der Waals surface area contributed by atoms with Crippen LogP contribution in [0.25, 0.3) is 0 Å². The van der Waals surface area contributed by atoms with E-state index in [1.54, 1.807) is 39.0 Å². The first-order chi connectivity index (χ1) is 11.7. The first-order valence-corrected chi connectivity index (χ1v) is 9.09. The summed E-state index contributed by atoms with van der Waals surface area (Å²) >= 11 is 0. The summed E-state index contributed by atoms with van der Waals surface area (Å²) in [5.74, 6) is 1.10. The van der Waals surface area contributed by atoms with Gasteiger partial charge in [-0.2, -0.15) is 0 Å². The van der Waals surface area contributed by atoms with Crippen molar-refractivity contribution < 1.29 is 22.5 Å². The molecule has 136 valence electrons. The van der Waals surface area contributed by atoms with Crippen LogP contribution >= 0.6 is 0 Å². The lowest BCUT2D eigenvalue weighted by atomic mass is 10.1. The number of nitrogens with one attached hydrogen (secondary N) is 2. The summed E-state index contributed by atoms with van der Waals surface area (Å²) in [6, 6.07) is 4.88. The molecule has 0 atom stereocenters. The molecular formula is C16H21N3O5S. The molecule has 25 heavy (non-hydrogen) atoms. The SMILES string of the molecule is COc1cc(C)c(S(=O)(=O)NCCC(=O)Nc2cc(C)on2)c(C)c1. The van der Waals surface area contributed by atoms with Gasteiger partial charge in [0.25, 0.3) is 0 Å². The molecule has 0 saturated heterocycles. The molecule has 0 aliphatic rings. The van der Waals surface area contributed by atoms with Crippen LogP contribution in [0.2, 0.25) is 0 Å². The van der Waals surface area contributed by atoms with Gasteiger partial charge in [-0.3, -0.25) is 4.79 Å². The Hall–Kier alpha value is -2.39. The number of nitrogens with zero attached hydrogens (tertiary/aromatic N) is 1. The molecule has 0 saturated carbocycles. The molecular weight excluding hydrogens is 346 g/mol. The number of amides is 1. The van der Waals surface area contributed by atoms with E-state index in [0.29, 0.717) is 28.5 Å². The molecule has 2 N–H and O–H groups in total. The second-order valence-electron chi connectivity index (χ2n) is 5.61. The molecule has 1 amide bonds. The Kier molecular flexibility index (Phi) is 5.81. The summed E-state index contributed by atoms with van der Waals surface area (Å²) in [6.07, 6.45) is -0.0284. The number of rotatable bonds is 7. The van der Waals surface area contributed by atoms with Crippen LogP contribution < -0.4 is 14.8 Å². The largest absolute Gasteiger partial charge is 0.497 e. The van der Waals surface area contributed by atoms with E-state index in [-0.39, 0.29) is 23.8 Å². The number of aryl methyl sites for hydroxylation is 3. The van der Waals surface area contributed by atoms with Crippen LogP contribution in [0.4, 0.5) is 5.82 Å². The first kappa shape index (κ1) is 18.9. The van der Waals surface area contributed by atoms with Crippen molar-refractivity contribution in [2.75, 3.05) is 19.0 Å². The minimum absolute atomic E-state index is 0.0284. The van der Waals surface area contributed by atoms with E-state index in [9.17, 15) is 13.2 Å². The van der Waals surface area contributed by atoms with Crippen LogP contribution in [0.3, 0.4) is 0 Å². The Balaban J connectivity index is 1.99. The Morgan fingerprint density at radius 1 is 1.20 bits per heavy atom. The van der Waals surface area contributed by atoms with Gasteiger partial charge in [-0.05, 0) is 44.0 Å². The van der Waals surface area contributed by atoms with Crippen molar-refractivity contribution in [2.45, 2.75) is 32.1 Å². The maximum absolute atomic E-state index is 12.5. The topological polar surface area (TPSA) is 111 Å². The maximum Gasteiger partial charge on any atom is 0.241 e. The number of methoxy groups -OCH3 is 1. The fraction of sp³-hybridized carbons (Fsp3) is 0.375. The maximum atomic E-state index is 12.5. The highest BCUT2D eigenvalue weighted by molar-refractivity contribution is 7.89. The van der Waals surface area contributed by atoms with Crippen LogP contribution in [0.5, 0.6) is 5.75 Å². The van der Waals surface area contributed by atoms with E-state index in [1.165, 1.54) is 7.11 Å². The second-order valence-corrected chi connectivity index (χ2v) is 7.31. The van der Waals surface area contributed by atoms with Gasteiger partial charge in [-0.25, -0.2) is 13.1 Å². The van der Waals surface area contributed by atoms with Crippen molar-refractivity contribution in [2.24, 2.45) is 0 Å². The molecule has 0 fully saturated rings. The van der Waals surface area contributed by atoms with Gasteiger partial charge >= 0.3 is 0 Å². The Labute approximate surface area is 146 Å². The summed E-state index contributed by atoms with van der Waals surface area (Å²) in [6.45, 7) is 5.07. The number of hydrogen-bond acceptors (Lipinski definition) is 6. The molecule has 2 rings (SSSR count). The van der Waals surface area contributed by atoms with Crippen molar-refractivity contribution in [1.29, 1.82) is 0 Å². The van der Waals surface area contributed by atoms with E-state index in [2.05, 4.69) is 15.2 Å². The highest BCUT2D eigenvalue weighted by atomic mass is 32.2. The lowest BCUT2D eigenvalue weighted by Gasteiger charge is -2.13. The average molecular weight is 367 g/mol. The number of ether oxygens (including phenoxy) is 1. The highest BCUT2D eigenvalue weighted by Crippen LogP contribution is 2.25. The molecule has 8 nitrogen and oxygen atoms in total.